The van der Waals surface area contributed by atoms with Gasteiger partial charge >= 0.3 is 0 Å². The third-order valence-corrected chi connectivity index (χ3v) is 5.62. The molecule has 4 rings (SSSR count). The molecule has 3 aromatic rings. The zero-order chi connectivity index (χ0) is 16.7. The van der Waals surface area contributed by atoms with Gasteiger partial charge in [0.15, 0.2) is 5.13 Å². The normalized spacial score (nSPS) is 15.3. The van der Waals surface area contributed by atoms with E-state index in [1.165, 1.54) is 28.0 Å². The zero-order valence-electron chi connectivity index (χ0n) is 13.9. The van der Waals surface area contributed by atoms with Gasteiger partial charge in [0.2, 0.25) is 0 Å². The summed E-state index contributed by atoms with van der Waals surface area (Å²) in [6.45, 7) is 8.00. The van der Waals surface area contributed by atoms with Crippen LogP contribution in [0.1, 0.15) is 11.1 Å². The highest BCUT2D eigenvalue weighted by Gasteiger charge is 2.20. The largest absolute Gasteiger partial charge is 0.368 e. The molecule has 2 heterocycles. The topological polar surface area (TPSA) is 19.4 Å². The standard InChI is InChI=1S/C19H20FN3S/c1-13-11-14(2)18-17(12-13)24-19(21-18)23-9-7-22(8-10-23)16-5-3-15(20)4-6-16/h3-6,11-12H,7-10H2,1-2H3. The van der Waals surface area contributed by atoms with Crippen LogP contribution < -0.4 is 9.80 Å². The summed E-state index contributed by atoms with van der Waals surface area (Å²) in [6.07, 6.45) is 0. The Morgan fingerprint density at radius 3 is 2.33 bits per heavy atom. The fraction of sp³-hybridized carbons (Fsp3) is 0.316. The van der Waals surface area contributed by atoms with Crippen LogP contribution in [0.2, 0.25) is 0 Å². The van der Waals surface area contributed by atoms with Gasteiger partial charge in [0.1, 0.15) is 5.82 Å². The number of fused-ring (bicyclic) bond motifs is 1. The summed E-state index contributed by atoms with van der Waals surface area (Å²) < 4.78 is 14.3. The Bertz CT molecular complexity index is 864. The van der Waals surface area contributed by atoms with Gasteiger partial charge in [-0.05, 0) is 55.3 Å². The molecule has 24 heavy (non-hydrogen) atoms. The number of halogens is 1. The first-order valence-electron chi connectivity index (χ1n) is 8.23. The predicted molar refractivity (Wildman–Crippen MR) is 99.9 cm³/mol. The molecular formula is C19H20FN3S. The first-order valence-corrected chi connectivity index (χ1v) is 9.05. The van der Waals surface area contributed by atoms with Crippen molar-refractivity contribution in [2.45, 2.75) is 13.8 Å². The minimum atomic E-state index is -0.183. The number of hydrogen-bond donors (Lipinski definition) is 0. The lowest BCUT2D eigenvalue weighted by atomic mass is 10.1. The highest BCUT2D eigenvalue weighted by Crippen LogP contribution is 2.32. The van der Waals surface area contributed by atoms with Gasteiger partial charge in [-0.25, -0.2) is 9.37 Å². The maximum Gasteiger partial charge on any atom is 0.186 e. The Labute approximate surface area is 145 Å². The molecule has 0 bridgehead atoms. The summed E-state index contributed by atoms with van der Waals surface area (Å²) in [6, 6.07) is 11.2. The van der Waals surface area contributed by atoms with E-state index < -0.39 is 0 Å². The van der Waals surface area contributed by atoms with Crippen molar-refractivity contribution in [2.75, 3.05) is 36.0 Å². The van der Waals surface area contributed by atoms with E-state index in [0.29, 0.717) is 0 Å². The van der Waals surface area contributed by atoms with Crippen LogP contribution in [-0.4, -0.2) is 31.2 Å². The molecule has 0 atom stereocenters. The number of rotatable bonds is 2. The van der Waals surface area contributed by atoms with Crippen molar-refractivity contribution in [1.82, 2.24) is 4.98 Å². The molecule has 3 nitrogen and oxygen atoms in total. The molecule has 2 aromatic carbocycles. The monoisotopic (exact) mass is 341 g/mol. The first-order chi connectivity index (χ1) is 11.6. The minimum Gasteiger partial charge on any atom is -0.368 e. The Morgan fingerprint density at radius 1 is 0.958 bits per heavy atom. The average molecular weight is 341 g/mol. The van der Waals surface area contributed by atoms with E-state index in [0.717, 1.165) is 42.5 Å². The van der Waals surface area contributed by atoms with Crippen molar-refractivity contribution in [1.29, 1.82) is 0 Å². The molecule has 124 valence electrons. The van der Waals surface area contributed by atoms with Gasteiger partial charge in [-0.1, -0.05) is 17.4 Å². The van der Waals surface area contributed by atoms with Crippen LogP contribution in [0.3, 0.4) is 0 Å². The highest BCUT2D eigenvalue weighted by atomic mass is 32.1. The van der Waals surface area contributed by atoms with Crippen molar-refractivity contribution in [2.24, 2.45) is 0 Å². The van der Waals surface area contributed by atoms with Crippen molar-refractivity contribution in [3.63, 3.8) is 0 Å². The molecule has 0 spiro atoms. The molecule has 0 N–H and O–H groups in total. The van der Waals surface area contributed by atoms with Gasteiger partial charge in [-0.2, -0.15) is 0 Å². The zero-order valence-corrected chi connectivity index (χ0v) is 14.7. The molecule has 5 heteroatoms. The number of anilines is 2. The third kappa shape index (κ3) is 2.84. The Hall–Kier alpha value is -2.14. The third-order valence-electron chi connectivity index (χ3n) is 4.56. The van der Waals surface area contributed by atoms with E-state index in [1.807, 2.05) is 12.1 Å². The Kier molecular flexibility index (Phi) is 3.88. The summed E-state index contributed by atoms with van der Waals surface area (Å²) in [5, 5.41) is 1.11. The second-order valence-electron chi connectivity index (χ2n) is 6.38. The quantitative estimate of drug-likeness (QED) is 0.689. The minimum absolute atomic E-state index is 0.183. The summed E-state index contributed by atoms with van der Waals surface area (Å²) in [4.78, 5) is 9.53. The number of nitrogens with zero attached hydrogens (tertiary/aromatic N) is 3. The lowest BCUT2D eigenvalue weighted by molar-refractivity contribution is 0.624. The van der Waals surface area contributed by atoms with Crippen LogP contribution >= 0.6 is 11.3 Å². The van der Waals surface area contributed by atoms with E-state index in [2.05, 4.69) is 35.8 Å². The number of benzene rings is 2. The van der Waals surface area contributed by atoms with Gasteiger partial charge in [-0.15, -0.1) is 0 Å². The van der Waals surface area contributed by atoms with E-state index >= 15 is 0 Å². The molecule has 1 fully saturated rings. The van der Waals surface area contributed by atoms with Gasteiger partial charge in [0, 0.05) is 31.9 Å². The molecule has 0 aliphatic carbocycles. The molecule has 0 radical (unpaired) electrons. The van der Waals surface area contributed by atoms with E-state index in [1.54, 1.807) is 11.3 Å². The second kappa shape index (κ2) is 6.06. The van der Waals surface area contributed by atoms with Crippen LogP contribution in [0.5, 0.6) is 0 Å². The van der Waals surface area contributed by atoms with Crippen molar-refractivity contribution >= 4 is 32.4 Å². The molecular weight excluding hydrogens is 321 g/mol. The van der Waals surface area contributed by atoms with Crippen molar-refractivity contribution in [3.8, 4) is 0 Å². The summed E-state index contributed by atoms with van der Waals surface area (Å²) >= 11 is 1.78. The first kappa shape index (κ1) is 15.4. The SMILES string of the molecule is Cc1cc(C)c2nc(N3CCN(c4ccc(F)cc4)CC3)sc2c1. The summed E-state index contributed by atoms with van der Waals surface area (Å²) in [5.41, 5.74) is 4.75. The maximum absolute atomic E-state index is 13.1. The smallest absolute Gasteiger partial charge is 0.186 e. The van der Waals surface area contributed by atoms with Crippen LogP contribution in [0, 0.1) is 19.7 Å². The average Bonchev–Trinajstić information content (AvgIpc) is 3.00. The Balaban J connectivity index is 1.51. The molecule has 0 unspecified atom stereocenters. The van der Waals surface area contributed by atoms with Crippen molar-refractivity contribution < 1.29 is 4.39 Å². The van der Waals surface area contributed by atoms with Crippen LogP contribution in [0.25, 0.3) is 10.2 Å². The number of aryl methyl sites for hydroxylation is 2. The molecule has 0 amide bonds. The van der Waals surface area contributed by atoms with Gasteiger partial charge < -0.3 is 9.80 Å². The van der Waals surface area contributed by atoms with Crippen molar-refractivity contribution in [3.05, 3.63) is 53.3 Å². The molecule has 1 aromatic heterocycles. The fourth-order valence-corrected chi connectivity index (χ4v) is 4.50. The highest BCUT2D eigenvalue weighted by molar-refractivity contribution is 7.22. The van der Waals surface area contributed by atoms with Crippen LogP contribution in [0.15, 0.2) is 36.4 Å². The molecule has 1 saturated heterocycles. The van der Waals surface area contributed by atoms with Gasteiger partial charge in [0.05, 0.1) is 10.2 Å². The summed E-state index contributed by atoms with van der Waals surface area (Å²) in [7, 11) is 0. The van der Waals surface area contributed by atoms with Gasteiger partial charge in [-0.3, -0.25) is 0 Å². The predicted octanol–water partition coefficient (Wildman–Crippen LogP) is 4.38. The van der Waals surface area contributed by atoms with E-state index in [4.69, 9.17) is 4.98 Å². The lowest BCUT2D eigenvalue weighted by Crippen LogP contribution is -2.46. The number of thiazole rings is 1. The number of piperazine rings is 1. The molecule has 1 aliphatic heterocycles. The van der Waals surface area contributed by atoms with E-state index in [-0.39, 0.29) is 5.82 Å². The number of hydrogen-bond acceptors (Lipinski definition) is 4. The second-order valence-corrected chi connectivity index (χ2v) is 7.38. The van der Waals surface area contributed by atoms with Gasteiger partial charge in [0.25, 0.3) is 0 Å². The Morgan fingerprint density at radius 2 is 1.62 bits per heavy atom. The summed E-state index contributed by atoms with van der Waals surface area (Å²) in [5.74, 6) is -0.183. The molecule has 1 aliphatic rings. The fourth-order valence-electron chi connectivity index (χ4n) is 3.30. The molecule has 0 saturated carbocycles. The maximum atomic E-state index is 13.1. The van der Waals surface area contributed by atoms with Crippen LogP contribution in [0.4, 0.5) is 15.2 Å². The van der Waals surface area contributed by atoms with E-state index in [9.17, 15) is 4.39 Å². The van der Waals surface area contributed by atoms with Crippen LogP contribution in [-0.2, 0) is 0 Å². The lowest BCUT2D eigenvalue weighted by Gasteiger charge is -2.36. The number of aromatic nitrogens is 1.